The first-order valence-corrected chi connectivity index (χ1v) is 11.3. The molecular formula is C26H18ClF3N2O5. The van der Waals surface area contributed by atoms with Gasteiger partial charge in [0.25, 0.3) is 17.7 Å². The topological polar surface area (TPSA) is 92.8 Å². The van der Waals surface area contributed by atoms with Crippen molar-refractivity contribution in [1.82, 2.24) is 4.90 Å². The van der Waals surface area contributed by atoms with Gasteiger partial charge in [-0.25, -0.2) is 4.79 Å². The smallest absolute Gasteiger partial charge is 0.417 e. The standard InChI is InChI=1S/C26H18ClF3N2O5/c1-14(32-23(34)17-9-5-6-10-18(17)24(32)35)25(36)37-21(15-7-3-2-4-8-15)22(33)31-16-11-12-20(27)19(13-16)26(28,29)30/h2-14,21H,1H3,(H,31,33)/t14-,21-/m1/s1. The lowest BCUT2D eigenvalue weighted by atomic mass is 10.1. The normalized spacial score (nSPS) is 14.7. The first-order chi connectivity index (χ1) is 17.5. The van der Waals surface area contributed by atoms with Crippen LogP contribution in [0.2, 0.25) is 5.02 Å². The summed E-state index contributed by atoms with van der Waals surface area (Å²) in [5.41, 5.74) is -0.903. The molecule has 37 heavy (non-hydrogen) atoms. The van der Waals surface area contributed by atoms with E-state index in [4.69, 9.17) is 16.3 Å². The number of anilines is 1. The van der Waals surface area contributed by atoms with Gasteiger partial charge in [-0.2, -0.15) is 13.2 Å². The Labute approximate surface area is 213 Å². The molecule has 1 N–H and O–H groups in total. The van der Waals surface area contributed by atoms with E-state index in [0.717, 1.165) is 11.0 Å². The zero-order chi connectivity index (χ0) is 26.9. The van der Waals surface area contributed by atoms with Crippen LogP contribution >= 0.6 is 11.6 Å². The highest BCUT2D eigenvalue weighted by molar-refractivity contribution is 6.31. The fourth-order valence-corrected chi connectivity index (χ4v) is 4.03. The highest BCUT2D eigenvalue weighted by Crippen LogP contribution is 2.36. The molecule has 0 aromatic heterocycles. The summed E-state index contributed by atoms with van der Waals surface area (Å²) >= 11 is 5.64. The third kappa shape index (κ3) is 5.19. The van der Waals surface area contributed by atoms with Gasteiger partial charge in [0.2, 0.25) is 6.10 Å². The van der Waals surface area contributed by atoms with Gasteiger partial charge in [0.15, 0.2) is 0 Å². The van der Waals surface area contributed by atoms with Crippen molar-refractivity contribution in [3.63, 3.8) is 0 Å². The van der Waals surface area contributed by atoms with E-state index in [-0.39, 0.29) is 22.4 Å². The third-order valence-corrected chi connectivity index (χ3v) is 6.00. The molecule has 3 aromatic rings. The predicted molar refractivity (Wildman–Crippen MR) is 127 cm³/mol. The van der Waals surface area contributed by atoms with Crippen molar-refractivity contribution in [2.24, 2.45) is 0 Å². The van der Waals surface area contributed by atoms with Crippen molar-refractivity contribution < 1.29 is 37.1 Å². The third-order valence-electron chi connectivity index (χ3n) is 5.67. The molecule has 0 radical (unpaired) electrons. The zero-order valence-electron chi connectivity index (χ0n) is 19.1. The summed E-state index contributed by atoms with van der Waals surface area (Å²) in [5.74, 6) is -3.40. The number of ether oxygens (including phenoxy) is 1. The Morgan fingerprint density at radius 1 is 0.919 bits per heavy atom. The number of carbonyl (C=O) groups excluding carboxylic acids is 4. The Hall–Kier alpha value is -4.18. The minimum atomic E-state index is -4.76. The number of halogens is 4. The molecule has 0 aliphatic carbocycles. The zero-order valence-corrected chi connectivity index (χ0v) is 19.8. The molecule has 1 aliphatic rings. The lowest BCUT2D eigenvalue weighted by Gasteiger charge is -2.24. The van der Waals surface area contributed by atoms with E-state index in [1.54, 1.807) is 30.3 Å². The number of hydrogen-bond donors (Lipinski definition) is 1. The van der Waals surface area contributed by atoms with Crippen LogP contribution in [-0.4, -0.2) is 34.6 Å². The molecule has 1 aliphatic heterocycles. The lowest BCUT2D eigenvalue weighted by molar-refractivity contribution is -0.158. The molecule has 0 saturated heterocycles. The molecule has 0 saturated carbocycles. The van der Waals surface area contributed by atoms with E-state index in [1.807, 2.05) is 0 Å². The van der Waals surface area contributed by atoms with E-state index in [0.29, 0.717) is 6.07 Å². The number of hydrogen-bond acceptors (Lipinski definition) is 5. The van der Waals surface area contributed by atoms with E-state index in [1.165, 1.54) is 37.3 Å². The molecule has 190 valence electrons. The first kappa shape index (κ1) is 25.9. The Kier molecular flexibility index (Phi) is 7.04. The number of imide groups is 1. The fourth-order valence-electron chi connectivity index (χ4n) is 3.81. The number of carbonyl (C=O) groups is 4. The Morgan fingerprint density at radius 2 is 1.49 bits per heavy atom. The van der Waals surface area contributed by atoms with Gasteiger partial charge in [0.05, 0.1) is 21.7 Å². The van der Waals surface area contributed by atoms with Crippen molar-refractivity contribution in [3.8, 4) is 0 Å². The summed E-state index contributed by atoms with van der Waals surface area (Å²) in [5, 5.41) is 1.75. The molecule has 3 aromatic carbocycles. The SMILES string of the molecule is C[C@H](C(=O)O[C@@H](C(=O)Nc1ccc(Cl)c(C(F)(F)F)c1)c1ccccc1)N1C(=O)c2ccccc2C1=O. The Balaban J connectivity index is 1.58. The van der Waals surface area contributed by atoms with Crippen LogP contribution in [0.3, 0.4) is 0 Å². The second-order valence-electron chi connectivity index (χ2n) is 8.11. The maximum absolute atomic E-state index is 13.2. The fraction of sp³-hybridized carbons (Fsp3) is 0.154. The molecule has 0 bridgehead atoms. The molecule has 0 spiro atoms. The molecule has 11 heteroatoms. The van der Waals surface area contributed by atoms with E-state index in [9.17, 15) is 32.3 Å². The van der Waals surface area contributed by atoms with E-state index < -0.39 is 52.6 Å². The summed E-state index contributed by atoms with van der Waals surface area (Å²) in [6.07, 6.45) is -6.36. The number of benzene rings is 3. The van der Waals surface area contributed by atoms with Gasteiger partial charge in [0.1, 0.15) is 6.04 Å². The summed E-state index contributed by atoms with van der Waals surface area (Å²) in [6, 6.07) is 15.2. The van der Waals surface area contributed by atoms with Crippen LogP contribution < -0.4 is 5.32 Å². The number of esters is 1. The highest BCUT2D eigenvalue weighted by Gasteiger charge is 2.42. The molecule has 1 heterocycles. The van der Waals surface area contributed by atoms with Crippen LogP contribution in [0, 0.1) is 0 Å². The van der Waals surface area contributed by atoms with Crippen LogP contribution in [-0.2, 0) is 20.5 Å². The summed E-state index contributed by atoms with van der Waals surface area (Å²) in [7, 11) is 0. The van der Waals surface area contributed by atoms with Crippen LogP contribution in [0.1, 0.15) is 44.9 Å². The summed E-state index contributed by atoms with van der Waals surface area (Å²) < 4.78 is 45.1. The largest absolute Gasteiger partial charge is 0.446 e. The van der Waals surface area contributed by atoms with Crippen LogP contribution in [0.15, 0.2) is 72.8 Å². The van der Waals surface area contributed by atoms with Crippen molar-refractivity contribution >= 4 is 41.0 Å². The van der Waals surface area contributed by atoms with Crippen LogP contribution in [0.4, 0.5) is 18.9 Å². The van der Waals surface area contributed by atoms with Gasteiger partial charge >= 0.3 is 12.1 Å². The molecule has 2 atom stereocenters. The van der Waals surface area contributed by atoms with Gasteiger partial charge in [-0.05, 0) is 37.3 Å². The molecule has 0 unspecified atom stereocenters. The minimum Gasteiger partial charge on any atom is -0.446 e. The van der Waals surface area contributed by atoms with E-state index in [2.05, 4.69) is 5.32 Å². The Morgan fingerprint density at radius 3 is 2.05 bits per heavy atom. The van der Waals surface area contributed by atoms with Gasteiger partial charge in [-0.1, -0.05) is 54.1 Å². The second-order valence-corrected chi connectivity index (χ2v) is 8.52. The van der Waals surface area contributed by atoms with Gasteiger partial charge in [-0.3, -0.25) is 19.3 Å². The highest BCUT2D eigenvalue weighted by atomic mass is 35.5. The molecule has 3 amide bonds. The van der Waals surface area contributed by atoms with Crippen LogP contribution in [0.25, 0.3) is 0 Å². The Bertz CT molecular complexity index is 1360. The minimum absolute atomic E-state index is 0.132. The summed E-state index contributed by atoms with van der Waals surface area (Å²) in [4.78, 5) is 52.3. The van der Waals surface area contributed by atoms with E-state index >= 15 is 0 Å². The lowest BCUT2D eigenvalue weighted by Crippen LogP contribution is -2.44. The number of nitrogens with one attached hydrogen (secondary N) is 1. The van der Waals surface area contributed by atoms with Crippen LogP contribution in [0.5, 0.6) is 0 Å². The molecule has 0 fully saturated rings. The quantitative estimate of drug-likeness (QED) is 0.346. The monoisotopic (exact) mass is 530 g/mol. The molecule has 7 nitrogen and oxygen atoms in total. The average molecular weight is 531 g/mol. The molecular weight excluding hydrogens is 513 g/mol. The van der Waals surface area contributed by atoms with Gasteiger partial charge in [0, 0.05) is 11.3 Å². The van der Waals surface area contributed by atoms with Crippen molar-refractivity contribution in [2.75, 3.05) is 5.32 Å². The van der Waals surface area contributed by atoms with Crippen molar-refractivity contribution in [2.45, 2.75) is 25.2 Å². The number of fused-ring (bicyclic) bond motifs is 1. The van der Waals surface area contributed by atoms with Gasteiger partial charge in [-0.15, -0.1) is 0 Å². The predicted octanol–water partition coefficient (Wildman–Crippen LogP) is 5.27. The number of nitrogens with zero attached hydrogens (tertiary/aromatic N) is 1. The van der Waals surface area contributed by atoms with Crippen molar-refractivity contribution in [1.29, 1.82) is 0 Å². The number of rotatable bonds is 6. The number of alkyl halides is 3. The van der Waals surface area contributed by atoms with Crippen molar-refractivity contribution in [3.05, 3.63) is 100 Å². The maximum atomic E-state index is 13.2. The van der Waals surface area contributed by atoms with Gasteiger partial charge < -0.3 is 10.1 Å². The first-order valence-electron chi connectivity index (χ1n) is 10.9. The summed E-state index contributed by atoms with van der Waals surface area (Å²) in [6.45, 7) is 1.28. The maximum Gasteiger partial charge on any atom is 0.417 e. The molecule has 4 rings (SSSR count). The second kappa shape index (κ2) is 10.1. The number of amides is 3. The average Bonchev–Trinajstić information content (AvgIpc) is 3.12.